The normalized spacial score (nSPS) is 10.8. The van der Waals surface area contributed by atoms with E-state index in [1.54, 1.807) is 12.1 Å². The minimum Gasteiger partial charge on any atom is -0.422 e. The van der Waals surface area contributed by atoms with E-state index in [-0.39, 0.29) is 12.5 Å². The van der Waals surface area contributed by atoms with Gasteiger partial charge in [-0.1, -0.05) is 29.8 Å². The summed E-state index contributed by atoms with van der Waals surface area (Å²) in [7, 11) is 0. The molecule has 0 radical (unpaired) electrons. The van der Waals surface area contributed by atoms with E-state index >= 15 is 0 Å². The van der Waals surface area contributed by atoms with Crippen LogP contribution in [0.5, 0.6) is 0 Å². The van der Waals surface area contributed by atoms with E-state index in [2.05, 4.69) is 5.32 Å². The van der Waals surface area contributed by atoms with Crippen LogP contribution >= 0.6 is 0 Å². The van der Waals surface area contributed by atoms with E-state index in [0.717, 1.165) is 27.6 Å². The van der Waals surface area contributed by atoms with E-state index in [1.807, 2.05) is 45.0 Å². The SMILES string of the molecule is Cc1ccc(C(=O)NCc2cc(=O)oc3c(C)c(C)ccc23)cc1. The third kappa shape index (κ3) is 3.08. The predicted molar refractivity (Wildman–Crippen MR) is 94.3 cm³/mol. The molecule has 3 aromatic rings. The van der Waals surface area contributed by atoms with Gasteiger partial charge in [-0.25, -0.2) is 4.79 Å². The molecular weight excluding hydrogens is 302 g/mol. The second-order valence-corrected chi connectivity index (χ2v) is 6.02. The van der Waals surface area contributed by atoms with Crippen LogP contribution in [0.25, 0.3) is 11.0 Å². The molecule has 0 aliphatic rings. The summed E-state index contributed by atoms with van der Waals surface area (Å²) in [5.41, 5.74) is 4.63. The standard InChI is InChI=1S/C20H19NO3/c1-12-4-7-15(8-5-12)20(23)21-11-16-10-18(22)24-19-14(3)13(2)6-9-17(16)19/h4-10H,11H2,1-3H3,(H,21,23). The van der Waals surface area contributed by atoms with Crippen LogP contribution in [-0.4, -0.2) is 5.91 Å². The number of amides is 1. The molecule has 1 amide bonds. The molecule has 0 unspecified atom stereocenters. The monoisotopic (exact) mass is 321 g/mol. The van der Waals surface area contributed by atoms with Crippen molar-refractivity contribution in [1.29, 1.82) is 0 Å². The Labute approximate surface area is 140 Å². The number of hydrogen-bond donors (Lipinski definition) is 1. The minimum atomic E-state index is -0.407. The van der Waals surface area contributed by atoms with Gasteiger partial charge in [-0.15, -0.1) is 0 Å². The highest BCUT2D eigenvalue weighted by Gasteiger charge is 2.11. The molecule has 0 aliphatic carbocycles. The van der Waals surface area contributed by atoms with Crippen molar-refractivity contribution >= 4 is 16.9 Å². The quantitative estimate of drug-likeness (QED) is 0.749. The Morgan fingerprint density at radius 1 is 1.04 bits per heavy atom. The lowest BCUT2D eigenvalue weighted by atomic mass is 10.0. The van der Waals surface area contributed by atoms with Crippen molar-refractivity contribution in [2.75, 3.05) is 0 Å². The first-order chi connectivity index (χ1) is 11.5. The van der Waals surface area contributed by atoms with Crippen LogP contribution < -0.4 is 10.9 Å². The minimum absolute atomic E-state index is 0.166. The average molecular weight is 321 g/mol. The molecule has 0 atom stereocenters. The van der Waals surface area contributed by atoms with Gasteiger partial charge in [0.2, 0.25) is 0 Å². The summed E-state index contributed by atoms with van der Waals surface area (Å²) >= 11 is 0. The number of carbonyl (C=O) groups is 1. The summed E-state index contributed by atoms with van der Waals surface area (Å²) < 4.78 is 5.35. The van der Waals surface area contributed by atoms with Gasteiger partial charge in [0.05, 0.1) is 0 Å². The van der Waals surface area contributed by atoms with Crippen LogP contribution in [0, 0.1) is 20.8 Å². The Hall–Kier alpha value is -2.88. The van der Waals surface area contributed by atoms with Crippen LogP contribution in [0.1, 0.15) is 32.6 Å². The molecule has 0 bridgehead atoms. The summed E-state index contributed by atoms with van der Waals surface area (Å²) in [5, 5.41) is 3.72. The van der Waals surface area contributed by atoms with Crippen LogP contribution in [-0.2, 0) is 6.54 Å². The molecule has 4 nitrogen and oxygen atoms in total. The van der Waals surface area contributed by atoms with Crippen molar-refractivity contribution in [3.63, 3.8) is 0 Å². The zero-order valence-corrected chi connectivity index (χ0v) is 14.0. The number of rotatable bonds is 3. The Balaban J connectivity index is 1.90. The van der Waals surface area contributed by atoms with Crippen LogP contribution in [0.15, 0.2) is 51.7 Å². The van der Waals surface area contributed by atoms with Gasteiger partial charge in [-0.3, -0.25) is 4.79 Å². The zero-order valence-electron chi connectivity index (χ0n) is 14.0. The van der Waals surface area contributed by atoms with E-state index in [0.29, 0.717) is 11.1 Å². The fourth-order valence-corrected chi connectivity index (χ4v) is 2.65. The predicted octanol–water partition coefficient (Wildman–Crippen LogP) is 3.65. The van der Waals surface area contributed by atoms with Crippen LogP contribution in [0.4, 0.5) is 0 Å². The summed E-state index contributed by atoms with van der Waals surface area (Å²) in [6.45, 7) is 6.15. The van der Waals surface area contributed by atoms with Gasteiger partial charge >= 0.3 is 5.63 Å². The number of fused-ring (bicyclic) bond motifs is 1. The molecule has 122 valence electrons. The van der Waals surface area contributed by atoms with Crippen molar-refractivity contribution < 1.29 is 9.21 Å². The molecule has 1 heterocycles. The van der Waals surface area contributed by atoms with Crippen LogP contribution in [0.3, 0.4) is 0 Å². The van der Waals surface area contributed by atoms with Crippen LogP contribution in [0.2, 0.25) is 0 Å². The summed E-state index contributed by atoms with van der Waals surface area (Å²) in [4.78, 5) is 24.1. The van der Waals surface area contributed by atoms with E-state index < -0.39 is 5.63 Å². The number of hydrogen-bond acceptors (Lipinski definition) is 3. The van der Waals surface area contributed by atoms with Gasteiger partial charge in [0.15, 0.2) is 0 Å². The Morgan fingerprint density at radius 3 is 2.46 bits per heavy atom. The smallest absolute Gasteiger partial charge is 0.336 e. The largest absolute Gasteiger partial charge is 0.422 e. The van der Waals surface area contributed by atoms with E-state index in [1.165, 1.54) is 6.07 Å². The molecule has 0 saturated heterocycles. The molecule has 0 saturated carbocycles. The average Bonchev–Trinajstić information content (AvgIpc) is 2.56. The van der Waals surface area contributed by atoms with Gasteiger partial charge in [0, 0.05) is 23.6 Å². The maximum absolute atomic E-state index is 12.3. The fourth-order valence-electron chi connectivity index (χ4n) is 2.65. The first-order valence-electron chi connectivity index (χ1n) is 7.83. The lowest BCUT2D eigenvalue weighted by molar-refractivity contribution is 0.0951. The summed E-state index contributed by atoms with van der Waals surface area (Å²) in [6.07, 6.45) is 0. The topological polar surface area (TPSA) is 59.3 Å². The molecule has 1 N–H and O–H groups in total. The molecule has 3 rings (SSSR count). The molecule has 0 fully saturated rings. The Bertz CT molecular complexity index is 969. The maximum Gasteiger partial charge on any atom is 0.336 e. The van der Waals surface area contributed by atoms with Gasteiger partial charge in [-0.2, -0.15) is 0 Å². The fraction of sp³-hybridized carbons (Fsp3) is 0.200. The molecule has 1 aromatic heterocycles. The Kier molecular flexibility index (Phi) is 4.21. The Morgan fingerprint density at radius 2 is 1.75 bits per heavy atom. The molecule has 24 heavy (non-hydrogen) atoms. The summed E-state index contributed by atoms with van der Waals surface area (Å²) in [5.74, 6) is -0.166. The van der Waals surface area contributed by atoms with Crippen molar-refractivity contribution in [3.8, 4) is 0 Å². The highest BCUT2D eigenvalue weighted by atomic mass is 16.4. The van der Waals surface area contributed by atoms with E-state index in [9.17, 15) is 9.59 Å². The van der Waals surface area contributed by atoms with Crippen molar-refractivity contribution in [2.24, 2.45) is 0 Å². The number of aryl methyl sites for hydroxylation is 3. The van der Waals surface area contributed by atoms with Gasteiger partial charge in [0.1, 0.15) is 5.58 Å². The first-order valence-corrected chi connectivity index (χ1v) is 7.83. The van der Waals surface area contributed by atoms with Gasteiger partial charge in [0.25, 0.3) is 5.91 Å². The first kappa shape index (κ1) is 16.0. The molecule has 4 heteroatoms. The molecular formula is C20H19NO3. The maximum atomic E-state index is 12.3. The lowest BCUT2D eigenvalue weighted by Crippen LogP contribution is -2.23. The molecule has 0 aliphatic heterocycles. The van der Waals surface area contributed by atoms with Gasteiger partial charge in [-0.05, 0) is 49.6 Å². The van der Waals surface area contributed by atoms with Gasteiger partial charge < -0.3 is 9.73 Å². The van der Waals surface area contributed by atoms with E-state index in [4.69, 9.17) is 4.42 Å². The summed E-state index contributed by atoms with van der Waals surface area (Å²) in [6, 6.07) is 12.7. The highest BCUT2D eigenvalue weighted by Crippen LogP contribution is 2.23. The van der Waals surface area contributed by atoms with Crippen molar-refractivity contribution in [2.45, 2.75) is 27.3 Å². The number of nitrogens with one attached hydrogen (secondary N) is 1. The highest BCUT2D eigenvalue weighted by molar-refractivity contribution is 5.94. The second-order valence-electron chi connectivity index (χ2n) is 6.02. The second kappa shape index (κ2) is 6.32. The number of benzene rings is 2. The molecule has 2 aromatic carbocycles. The third-order valence-corrected chi connectivity index (χ3v) is 4.27. The van der Waals surface area contributed by atoms with Crippen molar-refractivity contribution in [3.05, 3.63) is 80.7 Å². The van der Waals surface area contributed by atoms with Crippen molar-refractivity contribution in [1.82, 2.24) is 5.32 Å². The molecule has 0 spiro atoms. The zero-order chi connectivity index (χ0) is 17.3. The number of carbonyl (C=O) groups excluding carboxylic acids is 1. The third-order valence-electron chi connectivity index (χ3n) is 4.27. The lowest BCUT2D eigenvalue weighted by Gasteiger charge is -2.10.